The van der Waals surface area contributed by atoms with E-state index in [9.17, 15) is 14.3 Å². The second-order valence-electron chi connectivity index (χ2n) is 9.27. The summed E-state index contributed by atoms with van der Waals surface area (Å²) in [7, 11) is 0. The van der Waals surface area contributed by atoms with Crippen LogP contribution in [-0.2, 0) is 25.9 Å². The summed E-state index contributed by atoms with van der Waals surface area (Å²) in [5, 5.41) is 11.7. The molecule has 1 aromatic heterocycles. The summed E-state index contributed by atoms with van der Waals surface area (Å²) in [6, 6.07) is 20.5. The van der Waals surface area contributed by atoms with Crippen LogP contribution in [0, 0.1) is 5.82 Å². The van der Waals surface area contributed by atoms with E-state index in [4.69, 9.17) is 4.42 Å². The van der Waals surface area contributed by atoms with E-state index in [2.05, 4.69) is 24.0 Å². The molecule has 5 rings (SSSR count). The molecule has 0 spiro atoms. The summed E-state index contributed by atoms with van der Waals surface area (Å²) in [5.74, 6) is 0.0518. The van der Waals surface area contributed by atoms with Crippen LogP contribution in [0.15, 0.2) is 75.9 Å². The predicted octanol–water partition coefficient (Wildman–Crippen LogP) is 6.35. The first kappa shape index (κ1) is 25.0. The highest BCUT2D eigenvalue weighted by atomic mass is 35.5. The molecule has 182 valence electrons. The maximum atomic E-state index is 13.2. The van der Waals surface area contributed by atoms with Crippen molar-refractivity contribution in [2.24, 2.45) is 0 Å². The number of phenols is 1. The second kappa shape index (κ2) is 10.6. The fourth-order valence-electron chi connectivity index (χ4n) is 4.90. The molecule has 0 saturated carbocycles. The maximum absolute atomic E-state index is 13.2. The minimum absolute atomic E-state index is 0. The molecule has 1 N–H and O–H groups in total. The number of aromatic hydroxyl groups is 1. The number of benzene rings is 3. The highest BCUT2D eigenvalue weighted by molar-refractivity contribution is 5.88. The molecule has 2 heterocycles. The van der Waals surface area contributed by atoms with Crippen LogP contribution in [0.5, 0.6) is 5.75 Å². The summed E-state index contributed by atoms with van der Waals surface area (Å²) in [5.41, 5.74) is 4.89. The molecule has 0 amide bonds. The SMILES string of the molecule is CC(CCc1ccc(F)cc1)c1cc(O)c2c3c(c(=O)oc2c1)CCN(Cc1ccccc1)C3.Cl. The van der Waals surface area contributed by atoms with Gasteiger partial charge < -0.3 is 9.52 Å². The molecular formula is C29H29ClFNO3. The van der Waals surface area contributed by atoms with Crippen molar-refractivity contribution in [1.82, 2.24) is 4.90 Å². The molecule has 1 unspecified atom stereocenters. The van der Waals surface area contributed by atoms with Crippen LogP contribution in [0.25, 0.3) is 11.0 Å². The van der Waals surface area contributed by atoms with Crippen LogP contribution < -0.4 is 5.63 Å². The zero-order valence-electron chi connectivity index (χ0n) is 19.7. The molecule has 0 bridgehead atoms. The molecule has 0 aliphatic carbocycles. The maximum Gasteiger partial charge on any atom is 0.339 e. The Morgan fingerprint density at radius 1 is 1.03 bits per heavy atom. The highest BCUT2D eigenvalue weighted by Gasteiger charge is 2.25. The van der Waals surface area contributed by atoms with Gasteiger partial charge in [-0.3, -0.25) is 4.90 Å². The second-order valence-corrected chi connectivity index (χ2v) is 9.27. The topological polar surface area (TPSA) is 53.7 Å². The first-order chi connectivity index (χ1) is 16.5. The van der Waals surface area contributed by atoms with Gasteiger partial charge >= 0.3 is 5.63 Å². The third kappa shape index (κ3) is 5.42. The lowest BCUT2D eigenvalue weighted by atomic mass is 9.91. The minimum Gasteiger partial charge on any atom is -0.507 e. The number of fused-ring (bicyclic) bond motifs is 3. The lowest BCUT2D eigenvalue weighted by molar-refractivity contribution is 0.243. The van der Waals surface area contributed by atoms with E-state index in [-0.39, 0.29) is 35.5 Å². The van der Waals surface area contributed by atoms with E-state index in [1.807, 2.05) is 24.3 Å². The third-order valence-electron chi connectivity index (χ3n) is 6.88. The van der Waals surface area contributed by atoms with Crippen molar-refractivity contribution in [2.45, 2.75) is 45.2 Å². The first-order valence-electron chi connectivity index (χ1n) is 11.8. The van der Waals surface area contributed by atoms with Crippen molar-refractivity contribution in [3.05, 3.63) is 111 Å². The molecular weight excluding hydrogens is 465 g/mol. The van der Waals surface area contributed by atoms with Crippen molar-refractivity contribution in [3.8, 4) is 5.75 Å². The van der Waals surface area contributed by atoms with Crippen molar-refractivity contribution in [2.75, 3.05) is 6.54 Å². The van der Waals surface area contributed by atoms with Gasteiger partial charge in [0.1, 0.15) is 17.1 Å². The molecule has 1 aliphatic rings. The van der Waals surface area contributed by atoms with E-state index >= 15 is 0 Å². The number of halogens is 2. The van der Waals surface area contributed by atoms with Crippen LogP contribution in [0.1, 0.15) is 47.1 Å². The zero-order valence-corrected chi connectivity index (χ0v) is 20.5. The van der Waals surface area contributed by atoms with Gasteiger partial charge in [-0.1, -0.05) is 49.4 Å². The van der Waals surface area contributed by atoms with E-state index in [1.165, 1.54) is 17.7 Å². The van der Waals surface area contributed by atoms with Gasteiger partial charge in [-0.2, -0.15) is 0 Å². The Bertz CT molecular complexity index is 1370. The van der Waals surface area contributed by atoms with Crippen molar-refractivity contribution >= 4 is 23.4 Å². The van der Waals surface area contributed by atoms with E-state index in [1.54, 1.807) is 18.2 Å². The Morgan fingerprint density at radius 2 is 1.77 bits per heavy atom. The molecule has 4 nitrogen and oxygen atoms in total. The zero-order chi connectivity index (χ0) is 23.7. The smallest absolute Gasteiger partial charge is 0.339 e. The van der Waals surface area contributed by atoms with Crippen molar-refractivity contribution in [1.29, 1.82) is 0 Å². The molecule has 3 aromatic carbocycles. The summed E-state index contributed by atoms with van der Waals surface area (Å²) >= 11 is 0. The minimum atomic E-state index is -0.308. The van der Waals surface area contributed by atoms with E-state index < -0.39 is 0 Å². The number of phenolic OH excluding ortho intramolecular Hbond substituents is 1. The summed E-state index contributed by atoms with van der Waals surface area (Å²) in [6.45, 7) is 4.25. The molecule has 0 radical (unpaired) electrons. The van der Waals surface area contributed by atoms with Gasteiger partial charge in [0.05, 0.1) is 5.39 Å². The van der Waals surface area contributed by atoms with Crippen molar-refractivity contribution < 1.29 is 13.9 Å². The summed E-state index contributed by atoms with van der Waals surface area (Å²) in [6.07, 6.45) is 2.23. The lowest BCUT2D eigenvalue weighted by Crippen LogP contribution is -2.33. The van der Waals surface area contributed by atoms with Crippen LogP contribution in [0.2, 0.25) is 0 Å². The Morgan fingerprint density at radius 3 is 2.51 bits per heavy atom. The fourth-order valence-corrected chi connectivity index (χ4v) is 4.90. The Kier molecular flexibility index (Phi) is 7.58. The molecule has 1 aliphatic heterocycles. The molecule has 35 heavy (non-hydrogen) atoms. The average Bonchev–Trinajstić information content (AvgIpc) is 2.83. The number of nitrogens with zero attached hydrogens (tertiary/aromatic N) is 1. The van der Waals surface area contributed by atoms with Gasteiger partial charge in [0.25, 0.3) is 0 Å². The van der Waals surface area contributed by atoms with E-state index in [0.29, 0.717) is 29.5 Å². The summed E-state index contributed by atoms with van der Waals surface area (Å²) in [4.78, 5) is 15.1. The molecule has 0 saturated heterocycles. The fraction of sp³-hybridized carbons (Fsp3) is 0.276. The van der Waals surface area contributed by atoms with Gasteiger partial charge in [0.2, 0.25) is 0 Å². The number of hydrogen-bond donors (Lipinski definition) is 1. The molecule has 6 heteroatoms. The molecule has 4 aromatic rings. The van der Waals surface area contributed by atoms with Gasteiger partial charge in [-0.05, 0) is 71.7 Å². The van der Waals surface area contributed by atoms with Crippen LogP contribution in [-0.4, -0.2) is 16.6 Å². The average molecular weight is 494 g/mol. The Balaban J connectivity index is 0.00000289. The number of hydrogen-bond acceptors (Lipinski definition) is 4. The molecule has 0 fully saturated rings. The summed E-state index contributed by atoms with van der Waals surface area (Å²) < 4.78 is 18.8. The Labute approximate surface area is 210 Å². The first-order valence-corrected chi connectivity index (χ1v) is 11.8. The quantitative estimate of drug-likeness (QED) is 0.318. The number of aryl methyl sites for hydroxylation is 1. The largest absolute Gasteiger partial charge is 0.507 e. The van der Waals surface area contributed by atoms with Crippen LogP contribution in [0.3, 0.4) is 0 Å². The van der Waals surface area contributed by atoms with Crippen LogP contribution >= 0.6 is 12.4 Å². The standard InChI is InChI=1S/C29H28FNO3.ClH/c1-19(7-8-20-9-11-23(30)12-10-20)22-15-26(32)28-25-18-31(17-21-5-3-2-4-6-21)14-13-24(25)29(33)34-27(28)16-22;/h2-6,9-12,15-16,19,32H,7-8,13-14,17-18H2,1H3;1H. The normalized spacial score (nSPS) is 14.3. The highest BCUT2D eigenvalue weighted by Crippen LogP contribution is 2.36. The van der Waals surface area contributed by atoms with Gasteiger partial charge in [0.15, 0.2) is 0 Å². The lowest BCUT2D eigenvalue weighted by Gasteiger charge is -2.29. The van der Waals surface area contributed by atoms with Gasteiger partial charge in [-0.15, -0.1) is 12.4 Å². The van der Waals surface area contributed by atoms with E-state index in [0.717, 1.165) is 42.6 Å². The van der Waals surface area contributed by atoms with Gasteiger partial charge in [0, 0.05) is 25.2 Å². The Hall–Kier alpha value is -3.15. The molecule has 1 atom stereocenters. The predicted molar refractivity (Wildman–Crippen MR) is 139 cm³/mol. The van der Waals surface area contributed by atoms with Crippen LogP contribution in [0.4, 0.5) is 4.39 Å². The van der Waals surface area contributed by atoms with Crippen molar-refractivity contribution in [3.63, 3.8) is 0 Å². The van der Waals surface area contributed by atoms with Gasteiger partial charge in [-0.25, -0.2) is 9.18 Å². The monoisotopic (exact) mass is 493 g/mol. The third-order valence-corrected chi connectivity index (χ3v) is 6.88. The number of rotatable bonds is 6.